The fourth-order valence-electron chi connectivity index (χ4n) is 1.51. The van der Waals surface area contributed by atoms with Crippen molar-refractivity contribution in [2.24, 2.45) is 0 Å². The number of hydrogen-bond donors (Lipinski definition) is 2. The molecule has 0 spiro atoms. The second kappa shape index (κ2) is 7.78. The Morgan fingerprint density at radius 2 is 1.95 bits per heavy atom. The second-order valence-electron chi connectivity index (χ2n) is 3.97. The van der Waals surface area contributed by atoms with Gasteiger partial charge in [-0.2, -0.15) is 0 Å². The zero-order valence-electron chi connectivity index (χ0n) is 11.8. The SMILES string of the molecule is C/C=C/C=C/C(=O)Nc1ccc(OC)c(NC(C)=O)c1. The predicted octanol–water partition coefficient (Wildman–Crippen LogP) is 2.72. The zero-order chi connectivity index (χ0) is 15.0. The molecule has 0 aromatic heterocycles. The van der Waals surface area contributed by atoms with Gasteiger partial charge < -0.3 is 15.4 Å². The molecule has 1 rings (SSSR count). The number of rotatable bonds is 5. The van der Waals surface area contributed by atoms with E-state index in [9.17, 15) is 9.59 Å². The van der Waals surface area contributed by atoms with Gasteiger partial charge >= 0.3 is 0 Å². The molecule has 0 aliphatic carbocycles. The molecule has 0 heterocycles. The van der Waals surface area contributed by atoms with Gasteiger partial charge in [0.25, 0.3) is 0 Å². The molecule has 0 saturated heterocycles. The van der Waals surface area contributed by atoms with Gasteiger partial charge in [-0.15, -0.1) is 0 Å². The monoisotopic (exact) mass is 274 g/mol. The molecule has 0 saturated carbocycles. The number of benzene rings is 1. The van der Waals surface area contributed by atoms with Crippen LogP contribution >= 0.6 is 0 Å². The van der Waals surface area contributed by atoms with Crippen LogP contribution in [0.4, 0.5) is 11.4 Å². The number of anilines is 2. The number of nitrogens with one attached hydrogen (secondary N) is 2. The van der Waals surface area contributed by atoms with Crippen molar-refractivity contribution in [2.75, 3.05) is 17.7 Å². The molecular formula is C15H18N2O3. The van der Waals surface area contributed by atoms with Gasteiger partial charge in [0.15, 0.2) is 0 Å². The Balaban J connectivity index is 2.86. The van der Waals surface area contributed by atoms with Gasteiger partial charge in [-0.05, 0) is 25.1 Å². The first-order valence-electron chi connectivity index (χ1n) is 6.12. The lowest BCUT2D eigenvalue weighted by Crippen LogP contribution is -2.10. The molecule has 106 valence electrons. The molecule has 5 heteroatoms. The number of amides is 2. The summed E-state index contributed by atoms with van der Waals surface area (Å²) in [5.41, 5.74) is 1.08. The number of ether oxygens (including phenoxy) is 1. The van der Waals surface area contributed by atoms with E-state index in [0.29, 0.717) is 17.1 Å². The van der Waals surface area contributed by atoms with Crippen LogP contribution in [0.25, 0.3) is 0 Å². The lowest BCUT2D eigenvalue weighted by Gasteiger charge is -2.11. The molecule has 2 N–H and O–H groups in total. The number of carbonyl (C=O) groups is 2. The van der Waals surface area contributed by atoms with Gasteiger partial charge in [0.05, 0.1) is 12.8 Å². The van der Waals surface area contributed by atoms with Crippen molar-refractivity contribution in [1.29, 1.82) is 0 Å². The lowest BCUT2D eigenvalue weighted by atomic mass is 10.2. The van der Waals surface area contributed by atoms with Crippen LogP contribution < -0.4 is 15.4 Å². The van der Waals surface area contributed by atoms with Crippen molar-refractivity contribution >= 4 is 23.2 Å². The van der Waals surface area contributed by atoms with E-state index in [2.05, 4.69) is 10.6 Å². The summed E-state index contributed by atoms with van der Waals surface area (Å²) in [5.74, 6) is 0.0736. The molecule has 20 heavy (non-hydrogen) atoms. The Morgan fingerprint density at radius 3 is 2.55 bits per heavy atom. The van der Waals surface area contributed by atoms with Gasteiger partial charge in [0.1, 0.15) is 5.75 Å². The minimum Gasteiger partial charge on any atom is -0.495 e. The van der Waals surface area contributed by atoms with Crippen LogP contribution in [0.3, 0.4) is 0 Å². The normalized spacial score (nSPS) is 10.8. The molecule has 0 radical (unpaired) electrons. The number of allylic oxidation sites excluding steroid dienone is 3. The van der Waals surface area contributed by atoms with E-state index in [4.69, 9.17) is 4.74 Å². The highest BCUT2D eigenvalue weighted by Gasteiger charge is 2.07. The lowest BCUT2D eigenvalue weighted by molar-refractivity contribution is -0.114. The fraction of sp³-hybridized carbons (Fsp3) is 0.200. The summed E-state index contributed by atoms with van der Waals surface area (Å²) in [5, 5.41) is 5.35. The fourth-order valence-corrected chi connectivity index (χ4v) is 1.51. The van der Waals surface area contributed by atoms with Crippen molar-refractivity contribution in [3.63, 3.8) is 0 Å². The molecule has 0 atom stereocenters. The molecule has 0 aliphatic rings. The quantitative estimate of drug-likeness (QED) is 0.641. The van der Waals surface area contributed by atoms with Crippen LogP contribution in [-0.4, -0.2) is 18.9 Å². The minimum absolute atomic E-state index is 0.209. The summed E-state index contributed by atoms with van der Waals surface area (Å²) in [6.07, 6.45) is 6.65. The van der Waals surface area contributed by atoms with Crippen LogP contribution in [0.2, 0.25) is 0 Å². The number of methoxy groups -OCH3 is 1. The third kappa shape index (κ3) is 4.97. The van der Waals surface area contributed by atoms with Crippen LogP contribution in [0.15, 0.2) is 42.5 Å². The highest BCUT2D eigenvalue weighted by molar-refractivity contribution is 6.00. The van der Waals surface area contributed by atoms with E-state index in [0.717, 1.165) is 0 Å². The van der Waals surface area contributed by atoms with E-state index in [1.54, 1.807) is 30.4 Å². The summed E-state index contributed by atoms with van der Waals surface area (Å²) in [6.45, 7) is 3.27. The van der Waals surface area contributed by atoms with Crippen LogP contribution in [0.1, 0.15) is 13.8 Å². The van der Waals surface area contributed by atoms with E-state index >= 15 is 0 Å². The van der Waals surface area contributed by atoms with Gasteiger partial charge in [0.2, 0.25) is 11.8 Å². The van der Waals surface area contributed by atoms with Crippen molar-refractivity contribution < 1.29 is 14.3 Å². The van der Waals surface area contributed by atoms with Crippen LogP contribution in [-0.2, 0) is 9.59 Å². The Hall–Kier alpha value is -2.56. The molecule has 0 bridgehead atoms. The minimum atomic E-state index is -0.248. The predicted molar refractivity (Wildman–Crippen MR) is 79.9 cm³/mol. The Bertz CT molecular complexity index is 548. The standard InChI is InChI=1S/C15H18N2O3/c1-4-5-6-7-15(19)17-12-8-9-14(20-3)13(10-12)16-11(2)18/h4-10H,1-3H3,(H,16,18)(H,17,19)/b5-4+,7-6+. The first-order valence-corrected chi connectivity index (χ1v) is 6.12. The third-order valence-corrected chi connectivity index (χ3v) is 2.33. The van der Waals surface area contributed by atoms with Crippen molar-refractivity contribution in [1.82, 2.24) is 0 Å². The van der Waals surface area contributed by atoms with E-state index in [-0.39, 0.29) is 11.8 Å². The van der Waals surface area contributed by atoms with E-state index in [1.807, 2.05) is 13.0 Å². The van der Waals surface area contributed by atoms with Gasteiger partial charge in [-0.1, -0.05) is 18.2 Å². The van der Waals surface area contributed by atoms with Gasteiger partial charge in [-0.3, -0.25) is 9.59 Å². The summed E-state index contributed by atoms with van der Waals surface area (Å²) >= 11 is 0. The summed E-state index contributed by atoms with van der Waals surface area (Å²) in [7, 11) is 1.51. The van der Waals surface area contributed by atoms with Crippen LogP contribution in [0, 0.1) is 0 Å². The number of carbonyl (C=O) groups excluding carboxylic acids is 2. The van der Waals surface area contributed by atoms with Gasteiger partial charge in [0, 0.05) is 18.7 Å². The third-order valence-electron chi connectivity index (χ3n) is 2.33. The Labute approximate surface area is 118 Å². The highest BCUT2D eigenvalue weighted by Crippen LogP contribution is 2.27. The number of hydrogen-bond acceptors (Lipinski definition) is 3. The van der Waals surface area contributed by atoms with E-state index < -0.39 is 0 Å². The first-order chi connectivity index (χ1) is 9.56. The van der Waals surface area contributed by atoms with E-state index in [1.165, 1.54) is 20.1 Å². The molecule has 2 amide bonds. The Morgan fingerprint density at radius 1 is 1.20 bits per heavy atom. The van der Waals surface area contributed by atoms with Crippen LogP contribution in [0.5, 0.6) is 5.75 Å². The summed E-state index contributed by atoms with van der Waals surface area (Å²) in [6, 6.07) is 5.02. The zero-order valence-corrected chi connectivity index (χ0v) is 11.8. The topological polar surface area (TPSA) is 67.4 Å². The maximum atomic E-state index is 11.6. The van der Waals surface area contributed by atoms with Crippen molar-refractivity contribution in [3.05, 3.63) is 42.5 Å². The highest BCUT2D eigenvalue weighted by atomic mass is 16.5. The van der Waals surface area contributed by atoms with Gasteiger partial charge in [-0.25, -0.2) is 0 Å². The second-order valence-corrected chi connectivity index (χ2v) is 3.97. The smallest absolute Gasteiger partial charge is 0.248 e. The molecule has 1 aromatic rings. The maximum Gasteiger partial charge on any atom is 0.248 e. The maximum absolute atomic E-state index is 11.6. The Kier molecular flexibility index (Phi) is 6.03. The molecule has 0 fully saturated rings. The molecule has 1 aromatic carbocycles. The molecule has 0 aliphatic heterocycles. The first kappa shape index (κ1) is 15.5. The molecule has 5 nitrogen and oxygen atoms in total. The average molecular weight is 274 g/mol. The average Bonchev–Trinajstić information content (AvgIpc) is 2.38. The molecular weight excluding hydrogens is 256 g/mol. The summed E-state index contributed by atoms with van der Waals surface area (Å²) < 4.78 is 5.14. The van der Waals surface area contributed by atoms with Crippen molar-refractivity contribution in [3.8, 4) is 5.75 Å². The largest absolute Gasteiger partial charge is 0.495 e. The molecule has 0 unspecified atom stereocenters. The van der Waals surface area contributed by atoms with Crippen molar-refractivity contribution in [2.45, 2.75) is 13.8 Å². The summed E-state index contributed by atoms with van der Waals surface area (Å²) in [4.78, 5) is 22.7.